The van der Waals surface area contributed by atoms with Gasteiger partial charge in [-0.05, 0) is 47.5 Å². The number of thiazole rings is 1. The zero-order chi connectivity index (χ0) is 17.2. The van der Waals surface area contributed by atoms with Gasteiger partial charge in [0, 0.05) is 23.8 Å². The predicted molar refractivity (Wildman–Crippen MR) is 97.9 cm³/mol. The van der Waals surface area contributed by atoms with Crippen molar-refractivity contribution in [1.29, 1.82) is 0 Å². The lowest BCUT2D eigenvalue weighted by Crippen LogP contribution is -2.13. The third kappa shape index (κ3) is 3.12. The SMILES string of the molecule is O=c1cc(C=Cc2cccnc2)nc2scc(-c3ccc(F)cc3)n12. The van der Waals surface area contributed by atoms with Gasteiger partial charge in [0.2, 0.25) is 0 Å². The van der Waals surface area contributed by atoms with Gasteiger partial charge in [-0.3, -0.25) is 14.2 Å². The van der Waals surface area contributed by atoms with E-state index >= 15 is 0 Å². The Balaban J connectivity index is 1.76. The number of rotatable bonds is 3. The third-order valence-electron chi connectivity index (χ3n) is 3.70. The molecule has 0 aliphatic carbocycles. The lowest BCUT2D eigenvalue weighted by Gasteiger charge is -2.02. The van der Waals surface area contributed by atoms with Gasteiger partial charge in [-0.1, -0.05) is 12.1 Å². The fraction of sp³-hybridized carbons (Fsp3) is 0. The number of fused-ring (bicyclic) bond motifs is 1. The fourth-order valence-electron chi connectivity index (χ4n) is 2.50. The lowest BCUT2D eigenvalue weighted by molar-refractivity contribution is 0.628. The molecule has 0 spiro atoms. The Morgan fingerprint density at radius 2 is 1.96 bits per heavy atom. The van der Waals surface area contributed by atoms with E-state index in [1.54, 1.807) is 35.0 Å². The molecule has 4 aromatic rings. The molecule has 0 atom stereocenters. The third-order valence-corrected chi connectivity index (χ3v) is 4.52. The second-order valence-electron chi connectivity index (χ2n) is 5.38. The molecule has 0 radical (unpaired) electrons. The van der Waals surface area contributed by atoms with Crippen molar-refractivity contribution >= 4 is 28.4 Å². The van der Waals surface area contributed by atoms with Crippen molar-refractivity contribution in [2.75, 3.05) is 0 Å². The lowest BCUT2D eigenvalue weighted by atomic mass is 10.2. The molecule has 122 valence electrons. The van der Waals surface area contributed by atoms with E-state index in [2.05, 4.69) is 9.97 Å². The van der Waals surface area contributed by atoms with Gasteiger partial charge in [0.1, 0.15) is 5.82 Å². The smallest absolute Gasteiger partial charge is 0.259 e. The van der Waals surface area contributed by atoms with Crippen LogP contribution in [0.5, 0.6) is 0 Å². The van der Waals surface area contributed by atoms with Crippen molar-refractivity contribution in [3.8, 4) is 11.3 Å². The number of pyridine rings is 1. The number of halogens is 1. The van der Waals surface area contributed by atoms with E-state index in [-0.39, 0.29) is 11.4 Å². The highest BCUT2D eigenvalue weighted by molar-refractivity contribution is 7.15. The van der Waals surface area contributed by atoms with Crippen LogP contribution in [0.15, 0.2) is 65.0 Å². The van der Waals surface area contributed by atoms with Crippen LogP contribution in [0.25, 0.3) is 28.4 Å². The van der Waals surface area contributed by atoms with Crippen molar-refractivity contribution in [1.82, 2.24) is 14.4 Å². The van der Waals surface area contributed by atoms with Crippen LogP contribution in [0, 0.1) is 5.82 Å². The molecule has 0 unspecified atom stereocenters. The molecule has 0 saturated heterocycles. The zero-order valence-electron chi connectivity index (χ0n) is 13.0. The summed E-state index contributed by atoms with van der Waals surface area (Å²) in [6, 6.07) is 11.3. The largest absolute Gasteiger partial charge is 0.269 e. The minimum Gasteiger partial charge on any atom is -0.269 e. The Morgan fingerprint density at radius 3 is 2.72 bits per heavy atom. The van der Waals surface area contributed by atoms with E-state index in [4.69, 9.17) is 0 Å². The zero-order valence-corrected chi connectivity index (χ0v) is 13.8. The Kier molecular flexibility index (Phi) is 3.95. The second-order valence-corrected chi connectivity index (χ2v) is 6.22. The van der Waals surface area contributed by atoms with E-state index < -0.39 is 0 Å². The van der Waals surface area contributed by atoms with Crippen molar-refractivity contribution in [2.24, 2.45) is 0 Å². The molecule has 0 fully saturated rings. The minimum atomic E-state index is -0.309. The van der Waals surface area contributed by atoms with Crippen molar-refractivity contribution in [3.63, 3.8) is 0 Å². The Hall–Kier alpha value is -3.12. The van der Waals surface area contributed by atoms with Crippen molar-refractivity contribution in [2.45, 2.75) is 0 Å². The molecule has 0 bridgehead atoms. The van der Waals surface area contributed by atoms with E-state index in [0.717, 1.165) is 11.1 Å². The highest BCUT2D eigenvalue weighted by Crippen LogP contribution is 2.24. The van der Waals surface area contributed by atoms with Gasteiger partial charge < -0.3 is 0 Å². The van der Waals surface area contributed by atoms with Gasteiger partial charge >= 0.3 is 0 Å². The standard InChI is InChI=1S/C19H12FN3OS/c20-15-6-4-14(5-7-15)17-12-25-19-22-16(10-18(24)23(17)19)8-3-13-2-1-9-21-11-13/h1-12H. The maximum absolute atomic E-state index is 13.1. The second kappa shape index (κ2) is 6.41. The fourth-order valence-corrected chi connectivity index (χ4v) is 3.41. The Labute approximate surface area is 146 Å². The summed E-state index contributed by atoms with van der Waals surface area (Å²) in [4.78, 5) is 21.7. The molecule has 3 heterocycles. The molecule has 0 aliphatic heterocycles. The predicted octanol–water partition coefficient (Wildman–Crippen LogP) is 4.13. The molecule has 4 rings (SSSR count). The molecule has 0 aliphatic rings. The molecule has 25 heavy (non-hydrogen) atoms. The first-order valence-corrected chi connectivity index (χ1v) is 8.44. The van der Waals surface area contributed by atoms with E-state index in [0.29, 0.717) is 16.3 Å². The first kappa shape index (κ1) is 15.4. The van der Waals surface area contributed by atoms with Gasteiger partial charge in [0.05, 0.1) is 11.4 Å². The average Bonchev–Trinajstić information content (AvgIpc) is 3.06. The Bertz CT molecular complexity index is 1120. The summed E-state index contributed by atoms with van der Waals surface area (Å²) in [5, 5.41) is 1.85. The summed E-state index contributed by atoms with van der Waals surface area (Å²) in [5.41, 5.74) is 2.83. The molecule has 0 N–H and O–H groups in total. The van der Waals surface area contributed by atoms with Crippen LogP contribution in [-0.4, -0.2) is 14.4 Å². The maximum Gasteiger partial charge on any atom is 0.259 e. The van der Waals surface area contributed by atoms with Crippen LogP contribution in [-0.2, 0) is 0 Å². The molecular formula is C19H12FN3OS. The topological polar surface area (TPSA) is 47.3 Å². The van der Waals surface area contributed by atoms with Crippen LogP contribution in [0.1, 0.15) is 11.3 Å². The van der Waals surface area contributed by atoms with Gasteiger partial charge in [-0.15, -0.1) is 11.3 Å². The van der Waals surface area contributed by atoms with Gasteiger partial charge in [0.25, 0.3) is 5.56 Å². The molecule has 0 saturated carbocycles. The summed E-state index contributed by atoms with van der Waals surface area (Å²) in [7, 11) is 0. The van der Waals surface area contributed by atoms with E-state index in [9.17, 15) is 9.18 Å². The summed E-state index contributed by atoms with van der Waals surface area (Å²) in [6.45, 7) is 0. The maximum atomic E-state index is 13.1. The van der Waals surface area contributed by atoms with E-state index in [1.807, 2.05) is 23.6 Å². The number of nitrogens with zero attached hydrogens (tertiary/aromatic N) is 3. The quantitative estimate of drug-likeness (QED) is 0.559. The number of aromatic nitrogens is 3. The summed E-state index contributed by atoms with van der Waals surface area (Å²) >= 11 is 1.37. The van der Waals surface area contributed by atoms with Crippen LogP contribution < -0.4 is 5.56 Å². The van der Waals surface area contributed by atoms with Gasteiger partial charge in [0.15, 0.2) is 4.96 Å². The molecule has 0 amide bonds. The number of hydrogen-bond donors (Lipinski definition) is 0. The minimum absolute atomic E-state index is 0.170. The molecule has 1 aromatic carbocycles. The van der Waals surface area contributed by atoms with E-state index in [1.165, 1.54) is 29.5 Å². The monoisotopic (exact) mass is 349 g/mol. The average molecular weight is 349 g/mol. The first-order valence-electron chi connectivity index (χ1n) is 7.56. The summed E-state index contributed by atoms with van der Waals surface area (Å²) in [5.74, 6) is -0.309. The highest BCUT2D eigenvalue weighted by Gasteiger charge is 2.10. The van der Waals surface area contributed by atoms with Crippen LogP contribution in [0.3, 0.4) is 0 Å². The van der Waals surface area contributed by atoms with Gasteiger partial charge in [-0.25, -0.2) is 9.37 Å². The molecule has 4 nitrogen and oxygen atoms in total. The van der Waals surface area contributed by atoms with Crippen LogP contribution >= 0.6 is 11.3 Å². The summed E-state index contributed by atoms with van der Waals surface area (Å²) < 4.78 is 14.6. The first-order chi connectivity index (χ1) is 12.2. The number of hydrogen-bond acceptors (Lipinski definition) is 4. The van der Waals surface area contributed by atoms with Gasteiger partial charge in [-0.2, -0.15) is 0 Å². The molecular weight excluding hydrogens is 337 g/mol. The van der Waals surface area contributed by atoms with Crippen molar-refractivity contribution < 1.29 is 4.39 Å². The summed E-state index contributed by atoms with van der Waals surface area (Å²) in [6.07, 6.45) is 7.09. The Morgan fingerprint density at radius 1 is 1.12 bits per heavy atom. The molecule has 6 heteroatoms. The highest BCUT2D eigenvalue weighted by atomic mass is 32.1. The molecule has 3 aromatic heterocycles. The van der Waals surface area contributed by atoms with Crippen molar-refractivity contribution in [3.05, 3.63) is 87.7 Å². The normalized spacial score (nSPS) is 11.4. The van der Waals surface area contributed by atoms with Crippen LogP contribution in [0.2, 0.25) is 0 Å². The van der Waals surface area contributed by atoms with Crippen LogP contribution in [0.4, 0.5) is 4.39 Å². The number of benzene rings is 1.